The summed E-state index contributed by atoms with van der Waals surface area (Å²) < 4.78 is 10.6. The summed E-state index contributed by atoms with van der Waals surface area (Å²) in [5.74, 6) is 1.56. The van der Waals surface area contributed by atoms with E-state index in [4.69, 9.17) is 15.2 Å². The molecule has 0 aromatic heterocycles. The van der Waals surface area contributed by atoms with Crippen molar-refractivity contribution >= 4 is 0 Å². The SMILES string of the molecule is COc1cccc(CNC(C)CCN)c1OC. The Hall–Kier alpha value is -1.26. The van der Waals surface area contributed by atoms with Gasteiger partial charge in [0.05, 0.1) is 14.2 Å². The molecule has 0 amide bonds. The fraction of sp³-hybridized carbons (Fsp3) is 0.538. The maximum Gasteiger partial charge on any atom is 0.165 e. The number of nitrogens with one attached hydrogen (secondary N) is 1. The summed E-state index contributed by atoms with van der Waals surface area (Å²) in [6.07, 6.45) is 0.965. The van der Waals surface area contributed by atoms with Crippen LogP contribution in [0.5, 0.6) is 11.5 Å². The summed E-state index contributed by atoms with van der Waals surface area (Å²) in [5.41, 5.74) is 6.61. The van der Waals surface area contributed by atoms with Crippen LogP contribution in [0.3, 0.4) is 0 Å². The van der Waals surface area contributed by atoms with Crippen molar-refractivity contribution < 1.29 is 9.47 Å². The van der Waals surface area contributed by atoms with E-state index in [1.807, 2.05) is 18.2 Å². The maximum atomic E-state index is 5.52. The molecule has 0 radical (unpaired) electrons. The molecule has 0 fully saturated rings. The minimum absolute atomic E-state index is 0.399. The Morgan fingerprint density at radius 3 is 2.65 bits per heavy atom. The molecule has 17 heavy (non-hydrogen) atoms. The molecule has 1 rings (SSSR count). The van der Waals surface area contributed by atoms with Gasteiger partial charge >= 0.3 is 0 Å². The molecule has 1 aromatic carbocycles. The number of methoxy groups -OCH3 is 2. The molecule has 0 aliphatic heterocycles. The number of ether oxygens (including phenoxy) is 2. The normalized spacial score (nSPS) is 12.2. The third kappa shape index (κ3) is 3.91. The molecule has 0 saturated carbocycles. The van der Waals surface area contributed by atoms with E-state index >= 15 is 0 Å². The number of para-hydroxylation sites is 1. The lowest BCUT2D eigenvalue weighted by atomic mass is 10.1. The van der Waals surface area contributed by atoms with Gasteiger partial charge in [-0.1, -0.05) is 12.1 Å². The molecule has 0 bridgehead atoms. The van der Waals surface area contributed by atoms with Crippen molar-refractivity contribution in [1.82, 2.24) is 5.32 Å². The molecule has 0 aliphatic rings. The van der Waals surface area contributed by atoms with Gasteiger partial charge in [0, 0.05) is 18.2 Å². The standard InChI is InChI=1S/C13H22N2O2/c1-10(7-8-14)15-9-11-5-4-6-12(16-2)13(11)17-3/h4-6,10,15H,7-9,14H2,1-3H3. The fourth-order valence-electron chi connectivity index (χ4n) is 1.73. The first-order valence-electron chi connectivity index (χ1n) is 5.86. The monoisotopic (exact) mass is 238 g/mol. The van der Waals surface area contributed by atoms with E-state index in [1.165, 1.54) is 0 Å². The number of hydrogen-bond acceptors (Lipinski definition) is 4. The molecule has 96 valence electrons. The van der Waals surface area contributed by atoms with Gasteiger partial charge in [-0.3, -0.25) is 0 Å². The highest BCUT2D eigenvalue weighted by atomic mass is 16.5. The molecular weight excluding hydrogens is 216 g/mol. The van der Waals surface area contributed by atoms with Gasteiger partial charge in [-0.05, 0) is 26.0 Å². The van der Waals surface area contributed by atoms with Gasteiger partial charge < -0.3 is 20.5 Å². The first-order valence-corrected chi connectivity index (χ1v) is 5.86. The predicted molar refractivity (Wildman–Crippen MR) is 69.5 cm³/mol. The van der Waals surface area contributed by atoms with E-state index in [1.54, 1.807) is 14.2 Å². The number of nitrogens with two attached hydrogens (primary N) is 1. The lowest BCUT2D eigenvalue weighted by Gasteiger charge is -2.16. The second kappa shape index (κ2) is 7.14. The van der Waals surface area contributed by atoms with Crippen LogP contribution in [-0.4, -0.2) is 26.8 Å². The van der Waals surface area contributed by atoms with Gasteiger partial charge in [0.25, 0.3) is 0 Å². The largest absolute Gasteiger partial charge is 0.493 e. The molecule has 0 saturated heterocycles. The average Bonchev–Trinajstić information content (AvgIpc) is 2.36. The topological polar surface area (TPSA) is 56.5 Å². The van der Waals surface area contributed by atoms with E-state index in [0.29, 0.717) is 12.6 Å². The molecule has 1 aromatic rings. The molecule has 4 heteroatoms. The van der Waals surface area contributed by atoms with Gasteiger partial charge in [-0.2, -0.15) is 0 Å². The predicted octanol–water partition coefficient (Wildman–Crippen LogP) is 1.53. The van der Waals surface area contributed by atoms with Crippen LogP contribution in [0.15, 0.2) is 18.2 Å². The van der Waals surface area contributed by atoms with Gasteiger partial charge in [-0.25, -0.2) is 0 Å². The summed E-state index contributed by atoms with van der Waals surface area (Å²) in [5, 5.41) is 3.41. The highest BCUT2D eigenvalue weighted by molar-refractivity contribution is 5.46. The summed E-state index contributed by atoms with van der Waals surface area (Å²) in [4.78, 5) is 0. The van der Waals surface area contributed by atoms with Crippen molar-refractivity contribution in [3.05, 3.63) is 23.8 Å². The molecule has 1 atom stereocenters. The van der Waals surface area contributed by atoms with Crippen LogP contribution in [0.25, 0.3) is 0 Å². The van der Waals surface area contributed by atoms with Crippen LogP contribution < -0.4 is 20.5 Å². The summed E-state index contributed by atoms with van der Waals surface area (Å²) in [6.45, 7) is 3.57. The van der Waals surface area contributed by atoms with Crippen LogP contribution in [0, 0.1) is 0 Å². The Labute approximate surface area is 103 Å². The van der Waals surface area contributed by atoms with Gasteiger partial charge in [-0.15, -0.1) is 0 Å². The summed E-state index contributed by atoms with van der Waals surface area (Å²) in [6, 6.07) is 6.29. The molecule has 0 aliphatic carbocycles. The van der Waals surface area contributed by atoms with Crippen molar-refractivity contribution in [2.24, 2.45) is 5.73 Å². The average molecular weight is 238 g/mol. The highest BCUT2D eigenvalue weighted by Crippen LogP contribution is 2.30. The first-order chi connectivity index (χ1) is 8.22. The molecule has 0 heterocycles. The van der Waals surface area contributed by atoms with Crippen molar-refractivity contribution in [3.63, 3.8) is 0 Å². The highest BCUT2D eigenvalue weighted by Gasteiger charge is 2.09. The second-order valence-electron chi connectivity index (χ2n) is 4.01. The van der Waals surface area contributed by atoms with Crippen molar-refractivity contribution in [2.75, 3.05) is 20.8 Å². The van der Waals surface area contributed by atoms with E-state index < -0.39 is 0 Å². The van der Waals surface area contributed by atoms with E-state index in [2.05, 4.69) is 12.2 Å². The smallest absolute Gasteiger partial charge is 0.165 e. The van der Waals surface area contributed by atoms with Gasteiger partial charge in [0.1, 0.15) is 0 Å². The zero-order chi connectivity index (χ0) is 12.7. The lowest BCUT2D eigenvalue weighted by molar-refractivity contribution is 0.349. The fourth-order valence-corrected chi connectivity index (χ4v) is 1.73. The van der Waals surface area contributed by atoms with Crippen LogP contribution >= 0.6 is 0 Å². The van der Waals surface area contributed by atoms with Crippen molar-refractivity contribution in [2.45, 2.75) is 25.9 Å². The van der Waals surface area contributed by atoms with Crippen LogP contribution in [0.2, 0.25) is 0 Å². The van der Waals surface area contributed by atoms with Crippen LogP contribution in [0.1, 0.15) is 18.9 Å². The van der Waals surface area contributed by atoms with Crippen molar-refractivity contribution in [3.8, 4) is 11.5 Å². The first kappa shape index (κ1) is 13.8. The molecule has 3 N–H and O–H groups in total. The molecule has 4 nitrogen and oxygen atoms in total. The van der Waals surface area contributed by atoms with E-state index in [-0.39, 0.29) is 0 Å². The van der Waals surface area contributed by atoms with Gasteiger partial charge in [0.2, 0.25) is 0 Å². The van der Waals surface area contributed by atoms with Crippen LogP contribution in [0.4, 0.5) is 0 Å². The van der Waals surface area contributed by atoms with Gasteiger partial charge in [0.15, 0.2) is 11.5 Å². The minimum Gasteiger partial charge on any atom is -0.493 e. The number of hydrogen-bond donors (Lipinski definition) is 2. The van der Waals surface area contributed by atoms with E-state index in [9.17, 15) is 0 Å². The Bertz CT molecular complexity index is 342. The quantitative estimate of drug-likeness (QED) is 0.756. The number of rotatable bonds is 7. The third-order valence-corrected chi connectivity index (χ3v) is 2.73. The maximum absolute atomic E-state index is 5.52. The molecule has 0 spiro atoms. The number of benzene rings is 1. The Morgan fingerprint density at radius 1 is 1.29 bits per heavy atom. The summed E-state index contributed by atoms with van der Waals surface area (Å²) >= 11 is 0. The summed E-state index contributed by atoms with van der Waals surface area (Å²) in [7, 11) is 3.30. The zero-order valence-electron chi connectivity index (χ0n) is 10.8. The van der Waals surface area contributed by atoms with Crippen LogP contribution in [-0.2, 0) is 6.54 Å². The Balaban J connectivity index is 2.70. The Kier molecular flexibility index (Phi) is 5.80. The lowest BCUT2D eigenvalue weighted by Crippen LogP contribution is -2.28. The minimum atomic E-state index is 0.399. The molecule has 1 unspecified atom stereocenters. The van der Waals surface area contributed by atoms with E-state index in [0.717, 1.165) is 30.0 Å². The molecular formula is C13H22N2O2. The Morgan fingerprint density at radius 2 is 2.06 bits per heavy atom. The van der Waals surface area contributed by atoms with Crippen molar-refractivity contribution in [1.29, 1.82) is 0 Å². The third-order valence-electron chi connectivity index (χ3n) is 2.73. The second-order valence-corrected chi connectivity index (χ2v) is 4.01. The zero-order valence-corrected chi connectivity index (χ0v) is 10.8.